The van der Waals surface area contributed by atoms with Gasteiger partial charge in [0.05, 0.1) is 0 Å². The van der Waals surface area contributed by atoms with Crippen LogP contribution in [0.25, 0.3) is 32.7 Å². The first-order valence-corrected chi connectivity index (χ1v) is 13.3. The minimum Gasteiger partial charge on any atom is -0.361 e. The van der Waals surface area contributed by atoms with E-state index in [1.807, 2.05) is 0 Å². The zero-order chi connectivity index (χ0) is 25.5. The summed E-state index contributed by atoms with van der Waals surface area (Å²) in [7, 11) is 0. The highest BCUT2D eigenvalue weighted by Gasteiger charge is 2.22. The molecule has 7 aromatic rings. The van der Waals surface area contributed by atoms with E-state index in [0.29, 0.717) is 0 Å². The summed E-state index contributed by atoms with van der Waals surface area (Å²) in [5.41, 5.74) is 7.40. The summed E-state index contributed by atoms with van der Waals surface area (Å²) in [4.78, 5) is 10.3. The van der Waals surface area contributed by atoms with Crippen LogP contribution in [0.3, 0.4) is 0 Å². The molecule has 0 fully saturated rings. The Morgan fingerprint density at radius 3 is 1.87 bits per heavy atom. The number of para-hydroxylation sites is 3. The molecule has 7 rings (SSSR count). The zero-order valence-electron chi connectivity index (χ0n) is 21.4. The number of H-pyrrole nitrogens is 3. The van der Waals surface area contributed by atoms with E-state index in [0.717, 1.165) is 43.0 Å². The molecule has 0 saturated heterocycles. The third-order valence-electron chi connectivity index (χ3n) is 7.90. The first-order valence-electron chi connectivity index (χ1n) is 13.3. The highest BCUT2D eigenvalue weighted by atomic mass is 15.3. The molecular formula is C32H30N6. The zero-order valence-corrected chi connectivity index (χ0v) is 21.4. The third kappa shape index (κ3) is 3.89. The number of fused-ring (bicyclic) bond motifs is 3. The van der Waals surface area contributed by atoms with Crippen molar-refractivity contribution in [3.63, 3.8) is 0 Å². The van der Waals surface area contributed by atoms with Gasteiger partial charge in [-0.3, -0.25) is 0 Å². The fourth-order valence-corrected chi connectivity index (χ4v) is 5.84. The molecule has 188 valence electrons. The van der Waals surface area contributed by atoms with Crippen LogP contribution in [0.5, 0.6) is 0 Å². The molecule has 0 spiro atoms. The fourth-order valence-electron chi connectivity index (χ4n) is 5.84. The van der Waals surface area contributed by atoms with E-state index in [1.54, 1.807) is 0 Å². The Hall–Kier alpha value is -4.58. The summed E-state index contributed by atoms with van der Waals surface area (Å²) < 4.78 is 2.36. The van der Waals surface area contributed by atoms with Gasteiger partial charge in [0.2, 0.25) is 0 Å². The van der Waals surface area contributed by atoms with E-state index < -0.39 is 0 Å². The quantitative estimate of drug-likeness (QED) is 0.213. The standard InChI is InChI=1S/C32H30N6/c1-21(27-20-35-30-13-7-4-10-26(27)30)32-37-36-31(15-14-22-18-33-28-11-5-2-8-24(22)28)38(32)17-16-23-19-34-29-12-6-3-9-25(23)29/h2-13,18-21,33-35H,14-17H2,1H3. The number of benzene rings is 3. The van der Waals surface area contributed by atoms with Crippen molar-refractivity contribution in [2.45, 2.75) is 38.6 Å². The molecule has 38 heavy (non-hydrogen) atoms. The molecule has 0 aliphatic heterocycles. The van der Waals surface area contributed by atoms with Gasteiger partial charge in [0.25, 0.3) is 0 Å². The highest BCUT2D eigenvalue weighted by molar-refractivity contribution is 5.85. The number of aromatic nitrogens is 6. The van der Waals surface area contributed by atoms with Crippen molar-refractivity contribution in [3.8, 4) is 0 Å². The second-order valence-corrected chi connectivity index (χ2v) is 10.1. The predicted molar refractivity (Wildman–Crippen MR) is 154 cm³/mol. The van der Waals surface area contributed by atoms with Crippen molar-refractivity contribution in [3.05, 3.63) is 120 Å². The van der Waals surface area contributed by atoms with Crippen LogP contribution in [-0.4, -0.2) is 29.7 Å². The van der Waals surface area contributed by atoms with Crippen LogP contribution in [0.4, 0.5) is 0 Å². The maximum atomic E-state index is 4.79. The van der Waals surface area contributed by atoms with Crippen LogP contribution in [0, 0.1) is 0 Å². The Bertz CT molecular complexity index is 1860. The number of aryl methyl sites for hydroxylation is 3. The largest absolute Gasteiger partial charge is 0.361 e. The summed E-state index contributed by atoms with van der Waals surface area (Å²) in [6, 6.07) is 25.5. The van der Waals surface area contributed by atoms with Gasteiger partial charge in [0, 0.05) is 70.2 Å². The molecule has 3 N–H and O–H groups in total. The topological polar surface area (TPSA) is 78.1 Å². The van der Waals surface area contributed by atoms with E-state index in [4.69, 9.17) is 10.2 Å². The van der Waals surface area contributed by atoms with Gasteiger partial charge in [-0.05, 0) is 47.7 Å². The maximum absolute atomic E-state index is 4.79. The van der Waals surface area contributed by atoms with Gasteiger partial charge < -0.3 is 19.5 Å². The Balaban J connectivity index is 1.23. The van der Waals surface area contributed by atoms with Crippen molar-refractivity contribution in [1.82, 2.24) is 29.7 Å². The lowest BCUT2D eigenvalue weighted by Gasteiger charge is -2.15. The first-order chi connectivity index (χ1) is 18.8. The SMILES string of the molecule is CC(c1c[nH]c2ccccc12)c1nnc(CCc2c[nH]c3ccccc23)n1CCc1c[nH]c2ccccc12. The van der Waals surface area contributed by atoms with Crippen LogP contribution in [0.1, 0.15) is 41.2 Å². The average molecular weight is 499 g/mol. The van der Waals surface area contributed by atoms with Gasteiger partial charge in [-0.25, -0.2) is 0 Å². The molecule has 6 heteroatoms. The van der Waals surface area contributed by atoms with Crippen molar-refractivity contribution in [1.29, 1.82) is 0 Å². The Kier molecular flexibility index (Phi) is 5.58. The van der Waals surface area contributed by atoms with Crippen LogP contribution in [0.15, 0.2) is 91.4 Å². The van der Waals surface area contributed by atoms with Gasteiger partial charge in [0.15, 0.2) is 0 Å². The minimum absolute atomic E-state index is 0.114. The summed E-state index contributed by atoms with van der Waals surface area (Å²) in [5.74, 6) is 2.17. The number of hydrogen-bond donors (Lipinski definition) is 3. The van der Waals surface area contributed by atoms with E-state index in [1.165, 1.54) is 43.9 Å². The number of aromatic amines is 3. The van der Waals surface area contributed by atoms with Gasteiger partial charge in [-0.15, -0.1) is 10.2 Å². The maximum Gasteiger partial charge on any atom is 0.140 e. The molecule has 0 aliphatic carbocycles. The molecule has 1 atom stereocenters. The molecule has 4 heterocycles. The van der Waals surface area contributed by atoms with Crippen LogP contribution in [-0.2, 0) is 25.8 Å². The second-order valence-electron chi connectivity index (χ2n) is 10.1. The smallest absolute Gasteiger partial charge is 0.140 e. The second kappa shape index (κ2) is 9.38. The Morgan fingerprint density at radius 2 is 1.18 bits per heavy atom. The van der Waals surface area contributed by atoms with Gasteiger partial charge >= 0.3 is 0 Å². The molecule has 1 unspecified atom stereocenters. The van der Waals surface area contributed by atoms with Crippen LogP contribution in [0.2, 0.25) is 0 Å². The lowest BCUT2D eigenvalue weighted by atomic mass is 9.99. The van der Waals surface area contributed by atoms with Crippen molar-refractivity contribution >= 4 is 32.7 Å². The normalized spacial score (nSPS) is 12.7. The van der Waals surface area contributed by atoms with Gasteiger partial charge in [-0.2, -0.15) is 0 Å². The average Bonchev–Trinajstić information content (AvgIpc) is 3.75. The fraction of sp³-hybridized carbons (Fsp3) is 0.188. The predicted octanol–water partition coefficient (Wildman–Crippen LogP) is 6.90. The molecule has 0 radical (unpaired) electrons. The molecule has 0 saturated carbocycles. The van der Waals surface area contributed by atoms with Crippen molar-refractivity contribution in [2.24, 2.45) is 0 Å². The molecule has 0 amide bonds. The summed E-state index contributed by atoms with van der Waals surface area (Å²) in [5, 5.41) is 13.3. The first kappa shape index (κ1) is 22.6. The van der Waals surface area contributed by atoms with Crippen molar-refractivity contribution in [2.75, 3.05) is 0 Å². The van der Waals surface area contributed by atoms with Crippen LogP contribution < -0.4 is 0 Å². The molecular weight excluding hydrogens is 468 g/mol. The number of nitrogens with one attached hydrogen (secondary N) is 3. The van der Waals surface area contributed by atoms with E-state index in [-0.39, 0.29) is 5.92 Å². The molecule has 0 aliphatic rings. The lowest BCUT2D eigenvalue weighted by Crippen LogP contribution is -2.13. The summed E-state index contributed by atoms with van der Waals surface area (Å²) in [6.07, 6.45) is 9.06. The third-order valence-corrected chi connectivity index (χ3v) is 7.90. The molecule has 4 aromatic heterocycles. The minimum atomic E-state index is 0.114. The molecule has 6 nitrogen and oxygen atoms in total. The van der Waals surface area contributed by atoms with Gasteiger partial charge in [-0.1, -0.05) is 61.5 Å². The van der Waals surface area contributed by atoms with Crippen LogP contribution >= 0.6 is 0 Å². The highest BCUT2D eigenvalue weighted by Crippen LogP contribution is 2.31. The molecule has 0 bridgehead atoms. The van der Waals surface area contributed by atoms with Gasteiger partial charge in [0.1, 0.15) is 11.6 Å². The number of rotatable bonds is 8. The van der Waals surface area contributed by atoms with E-state index >= 15 is 0 Å². The number of nitrogens with zero attached hydrogens (tertiary/aromatic N) is 3. The summed E-state index contributed by atoms with van der Waals surface area (Å²) in [6.45, 7) is 3.07. The molecule has 3 aromatic carbocycles. The monoisotopic (exact) mass is 498 g/mol. The van der Waals surface area contributed by atoms with E-state index in [2.05, 4.69) is 118 Å². The number of hydrogen-bond acceptors (Lipinski definition) is 2. The van der Waals surface area contributed by atoms with Crippen molar-refractivity contribution < 1.29 is 0 Å². The lowest BCUT2D eigenvalue weighted by molar-refractivity contribution is 0.604. The summed E-state index contributed by atoms with van der Waals surface area (Å²) >= 11 is 0. The van der Waals surface area contributed by atoms with E-state index in [9.17, 15) is 0 Å². The Labute approximate surface area is 220 Å². The Morgan fingerprint density at radius 1 is 0.632 bits per heavy atom.